The summed E-state index contributed by atoms with van der Waals surface area (Å²) in [6.45, 7) is 0.123. The molecule has 2 aromatic carbocycles. The molecule has 1 atom stereocenters. The number of methoxy groups -OCH3 is 1. The third-order valence-electron chi connectivity index (χ3n) is 4.87. The van der Waals surface area contributed by atoms with E-state index in [0.29, 0.717) is 18.5 Å². The Bertz CT molecular complexity index is 1050. The monoisotopic (exact) mass is 395 g/mol. The molecule has 0 saturated carbocycles. The highest BCUT2D eigenvalue weighted by atomic mass is 19.1. The van der Waals surface area contributed by atoms with Crippen molar-refractivity contribution >= 4 is 11.9 Å². The number of nitrogens with zero attached hydrogens (tertiary/aromatic N) is 5. The fourth-order valence-electron chi connectivity index (χ4n) is 3.37. The molecule has 3 aromatic rings. The van der Waals surface area contributed by atoms with Crippen molar-refractivity contribution in [3.8, 4) is 11.4 Å². The molecule has 0 unspecified atom stereocenters. The van der Waals surface area contributed by atoms with Crippen molar-refractivity contribution in [3.63, 3.8) is 0 Å². The van der Waals surface area contributed by atoms with Crippen LogP contribution in [0.15, 0.2) is 48.5 Å². The number of carbonyl (C=O) groups excluding carboxylic acids is 2. The van der Waals surface area contributed by atoms with Gasteiger partial charge in [-0.3, -0.25) is 4.79 Å². The summed E-state index contributed by atoms with van der Waals surface area (Å²) >= 11 is 0. The summed E-state index contributed by atoms with van der Waals surface area (Å²) < 4.78 is 18.0. The number of hydrogen-bond donors (Lipinski definition) is 0. The van der Waals surface area contributed by atoms with E-state index in [1.54, 1.807) is 0 Å². The van der Waals surface area contributed by atoms with Crippen molar-refractivity contribution in [2.75, 3.05) is 7.11 Å². The van der Waals surface area contributed by atoms with Crippen LogP contribution in [0.1, 0.15) is 11.1 Å². The average molecular weight is 395 g/mol. The molecule has 0 N–H and O–H groups in total. The number of benzene rings is 2. The highest BCUT2D eigenvalue weighted by Crippen LogP contribution is 2.24. The van der Waals surface area contributed by atoms with E-state index in [1.165, 1.54) is 36.3 Å². The van der Waals surface area contributed by atoms with Crippen LogP contribution in [-0.2, 0) is 33.8 Å². The maximum absolute atomic E-state index is 13.1. The van der Waals surface area contributed by atoms with Gasteiger partial charge in [-0.15, -0.1) is 10.2 Å². The van der Waals surface area contributed by atoms with Crippen LogP contribution in [0.4, 0.5) is 4.39 Å². The van der Waals surface area contributed by atoms with Crippen LogP contribution in [0.2, 0.25) is 0 Å². The van der Waals surface area contributed by atoms with Crippen LogP contribution < -0.4 is 0 Å². The highest BCUT2D eigenvalue weighted by Gasteiger charge is 2.35. The van der Waals surface area contributed by atoms with Crippen molar-refractivity contribution in [2.45, 2.75) is 25.6 Å². The van der Waals surface area contributed by atoms with Crippen LogP contribution in [-0.4, -0.2) is 50.1 Å². The summed E-state index contributed by atoms with van der Waals surface area (Å²) in [6.07, 6.45) is 0.389. The zero-order valence-electron chi connectivity index (χ0n) is 15.7. The molecule has 8 nitrogen and oxygen atoms in total. The van der Waals surface area contributed by atoms with Crippen LogP contribution in [0.5, 0.6) is 0 Å². The Morgan fingerprint density at radius 1 is 1.14 bits per heavy atom. The molecule has 148 valence electrons. The Hall–Kier alpha value is -3.62. The van der Waals surface area contributed by atoms with Gasteiger partial charge in [0, 0.05) is 18.5 Å². The van der Waals surface area contributed by atoms with E-state index >= 15 is 0 Å². The van der Waals surface area contributed by atoms with E-state index < -0.39 is 12.0 Å². The Morgan fingerprint density at radius 3 is 2.59 bits per heavy atom. The smallest absolute Gasteiger partial charge is 0.328 e. The van der Waals surface area contributed by atoms with Gasteiger partial charge in [-0.1, -0.05) is 24.3 Å². The number of aromatic nitrogens is 4. The predicted octanol–water partition coefficient (Wildman–Crippen LogP) is 1.61. The third-order valence-corrected chi connectivity index (χ3v) is 4.87. The van der Waals surface area contributed by atoms with Gasteiger partial charge in [0.1, 0.15) is 18.4 Å². The molecular formula is C20H18FN5O3. The summed E-state index contributed by atoms with van der Waals surface area (Å²) in [5.41, 5.74) is 2.59. The van der Waals surface area contributed by atoms with E-state index in [9.17, 15) is 14.0 Å². The molecule has 1 aromatic heterocycles. The van der Waals surface area contributed by atoms with Gasteiger partial charge in [-0.25, -0.2) is 9.18 Å². The molecule has 1 aliphatic rings. The van der Waals surface area contributed by atoms with Crippen molar-refractivity contribution in [2.24, 2.45) is 0 Å². The van der Waals surface area contributed by atoms with Gasteiger partial charge < -0.3 is 9.64 Å². The first kappa shape index (κ1) is 18.7. The third kappa shape index (κ3) is 3.84. The molecule has 0 fully saturated rings. The van der Waals surface area contributed by atoms with Gasteiger partial charge in [-0.05, 0) is 40.6 Å². The first-order chi connectivity index (χ1) is 14.0. The zero-order valence-corrected chi connectivity index (χ0v) is 15.7. The number of halogens is 1. The lowest BCUT2D eigenvalue weighted by atomic mass is 9.94. The van der Waals surface area contributed by atoms with Crippen molar-refractivity contribution in [1.29, 1.82) is 0 Å². The molecule has 0 radical (unpaired) electrons. The van der Waals surface area contributed by atoms with Gasteiger partial charge in [0.25, 0.3) is 0 Å². The van der Waals surface area contributed by atoms with E-state index in [1.807, 2.05) is 24.3 Å². The minimum atomic E-state index is -0.706. The molecule has 4 rings (SSSR count). The SMILES string of the molecule is COC(=O)[C@@H]1Cc2ccccc2CN1C(=O)Cn1nnc(-c2ccc(F)cc2)n1. The Morgan fingerprint density at radius 2 is 1.86 bits per heavy atom. The number of hydrogen-bond acceptors (Lipinski definition) is 6. The second-order valence-corrected chi connectivity index (χ2v) is 6.68. The van der Waals surface area contributed by atoms with Crippen molar-refractivity contribution < 1.29 is 18.7 Å². The largest absolute Gasteiger partial charge is 0.467 e. The van der Waals surface area contributed by atoms with Crippen LogP contribution in [0.3, 0.4) is 0 Å². The van der Waals surface area contributed by atoms with Crippen molar-refractivity contribution in [1.82, 2.24) is 25.1 Å². The highest BCUT2D eigenvalue weighted by molar-refractivity contribution is 5.85. The van der Waals surface area contributed by atoms with Gasteiger partial charge in [-0.2, -0.15) is 4.80 Å². The molecule has 9 heteroatoms. The lowest BCUT2D eigenvalue weighted by molar-refractivity contribution is -0.154. The fraction of sp³-hybridized carbons (Fsp3) is 0.250. The summed E-state index contributed by atoms with van der Waals surface area (Å²) in [6, 6.07) is 12.6. The maximum Gasteiger partial charge on any atom is 0.328 e. The van der Waals surface area contributed by atoms with E-state index in [0.717, 1.165) is 15.9 Å². The second-order valence-electron chi connectivity index (χ2n) is 6.68. The maximum atomic E-state index is 13.1. The number of fused-ring (bicyclic) bond motifs is 1. The first-order valence-electron chi connectivity index (χ1n) is 9.03. The molecule has 1 amide bonds. The molecule has 29 heavy (non-hydrogen) atoms. The molecule has 0 bridgehead atoms. The molecule has 1 aliphatic heterocycles. The van der Waals surface area contributed by atoms with E-state index in [-0.39, 0.29) is 24.1 Å². The molecule has 0 aliphatic carbocycles. The topological polar surface area (TPSA) is 90.2 Å². The quantitative estimate of drug-likeness (QED) is 0.624. The summed E-state index contributed by atoms with van der Waals surface area (Å²) in [7, 11) is 1.31. The van der Waals surface area contributed by atoms with Gasteiger partial charge >= 0.3 is 5.97 Å². The van der Waals surface area contributed by atoms with E-state index in [2.05, 4.69) is 15.4 Å². The minimum absolute atomic E-state index is 0.177. The number of rotatable bonds is 4. The van der Waals surface area contributed by atoms with Crippen molar-refractivity contribution in [3.05, 3.63) is 65.5 Å². The van der Waals surface area contributed by atoms with Gasteiger partial charge in [0.2, 0.25) is 11.7 Å². The second kappa shape index (κ2) is 7.78. The molecule has 0 spiro atoms. The molecule has 2 heterocycles. The van der Waals surface area contributed by atoms with E-state index in [4.69, 9.17) is 4.74 Å². The predicted molar refractivity (Wildman–Crippen MR) is 99.7 cm³/mol. The number of tetrazole rings is 1. The number of ether oxygens (including phenoxy) is 1. The number of amides is 1. The molecular weight excluding hydrogens is 377 g/mol. The van der Waals surface area contributed by atoms with Crippen LogP contribution in [0, 0.1) is 5.82 Å². The standard InChI is InChI=1S/C20H18FN5O3/c1-29-20(28)17-10-14-4-2-3-5-15(14)11-25(17)18(27)12-26-23-19(22-24-26)13-6-8-16(21)9-7-13/h2-9,17H,10-12H2,1H3/t17-/m0/s1. The number of carbonyl (C=O) groups is 2. The Kier molecular flexibility index (Phi) is 5.03. The Labute approximate surface area is 165 Å². The number of esters is 1. The zero-order chi connectivity index (χ0) is 20.4. The normalized spacial score (nSPS) is 15.7. The summed E-state index contributed by atoms with van der Waals surface area (Å²) in [5.74, 6) is -0.869. The minimum Gasteiger partial charge on any atom is -0.467 e. The molecule has 0 saturated heterocycles. The first-order valence-corrected chi connectivity index (χ1v) is 9.03. The van der Waals surface area contributed by atoms with Gasteiger partial charge in [0.05, 0.1) is 7.11 Å². The van der Waals surface area contributed by atoms with Crippen LogP contribution in [0.25, 0.3) is 11.4 Å². The lowest BCUT2D eigenvalue weighted by Gasteiger charge is -2.35. The summed E-state index contributed by atoms with van der Waals surface area (Å²) in [5, 5.41) is 12.0. The average Bonchev–Trinajstić information content (AvgIpc) is 3.21. The lowest BCUT2D eigenvalue weighted by Crippen LogP contribution is -2.50. The Balaban J connectivity index is 1.54. The van der Waals surface area contributed by atoms with Crippen LogP contribution >= 0.6 is 0 Å². The summed E-state index contributed by atoms with van der Waals surface area (Å²) in [4.78, 5) is 27.8. The fourth-order valence-corrected chi connectivity index (χ4v) is 3.37. The van der Waals surface area contributed by atoms with Gasteiger partial charge in [0.15, 0.2) is 0 Å².